The number of ether oxygens (including phenoxy) is 1. The maximum Gasteiger partial charge on any atom is 0.375 e. The summed E-state index contributed by atoms with van der Waals surface area (Å²) in [6, 6.07) is 6.57. The van der Waals surface area contributed by atoms with E-state index in [0.29, 0.717) is 5.56 Å². The third-order valence-electron chi connectivity index (χ3n) is 1.99. The van der Waals surface area contributed by atoms with Crippen LogP contribution in [0.3, 0.4) is 0 Å². The Hall–Kier alpha value is -1.49. The molecule has 1 aromatic carbocycles. The normalized spacial score (nSPS) is 9.76. The summed E-state index contributed by atoms with van der Waals surface area (Å²) < 4.78 is 5.35. The number of halogens is 1. The van der Waals surface area contributed by atoms with Gasteiger partial charge < -0.3 is 4.74 Å². The zero-order valence-electron chi connectivity index (χ0n) is 9.23. The minimum Gasteiger partial charge on any atom is -0.460 e. The van der Waals surface area contributed by atoms with Gasteiger partial charge in [-0.15, -0.1) is 0 Å². The number of benzene rings is 1. The molecule has 0 radical (unpaired) electrons. The average Bonchev–Trinajstić information content (AvgIpc) is 2.30. The molecule has 1 rings (SSSR count). The first-order valence-electron chi connectivity index (χ1n) is 5.03. The van der Waals surface area contributed by atoms with E-state index in [1.54, 1.807) is 31.2 Å². The van der Waals surface area contributed by atoms with Crippen molar-refractivity contribution < 1.29 is 19.1 Å². The molecular formula is C12H11BrO4. The van der Waals surface area contributed by atoms with E-state index in [2.05, 4.69) is 20.7 Å². The van der Waals surface area contributed by atoms with Gasteiger partial charge in [0.2, 0.25) is 5.78 Å². The molecule has 17 heavy (non-hydrogen) atoms. The molecule has 0 fully saturated rings. The summed E-state index contributed by atoms with van der Waals surface area (Å²) in [6.07, 6.45) is -0.458. The first-order chi connectivity index (χ1) is 8.04. The molecule has 0 saturated carbocycles. The lowest BCUT2D eigenvalue weighted by Crippen LogP contribution is -2.20. The van der Waals surface area contributed by atoms with Crippen molar-refractivity contribution in [3.63, 3.8) is 0 Å². The maximum atomic E-state index is 11.6. The zero-order chi connectivity index (χ0) is 12.8. The minimum atomic E-state index is -0.960. The van der Waals surface area contributed by atoms with E-state index in [0.717, 1.165) is 4.47 Å². The van der Waals surface area contributed by atoms with Crippen molar-refractivity contribution in [1.29, 1.82) is 0 Å². The van der Waals surface area contributed by atoms with E-state index in [-0.39, 0.29) is 6.61 Å². The topological polar surface area (TPSA) is 60.4 Å². The lowest BCUT2D eigenvalue weighted by atomic mass is 10.1. The fourth-order valence-electron chi connectivity index (χ4n) is 1.17. The smallest absolute Gasteiger partial charge is 0.375 e. The van der Waals surface area contributed by atoms with Crippen LogP contribution in [0, 0.1) is 0 Å². The summed E-state index contributed by atoms with van der Waals surface area (Å²) in [5.41, 5.74) is 0.394. The Balaban J connectivity index is 2.63. The Kier molecular flexibility index (Phi) is 5.03. The lowest BCUT2D eigenvalue weighted by Gasteiger charge is -2.01. The van der Waals surface area contributed by atoms with Crippen molar-refractivity contribution in [2.75, 3.05) is 6.61 Å². The number of hydrogen-bond acceptors (Lipinski definition) is 4. The first-order valence-corrected chi connectivity index (χ1v) is 5.82. The predicted molar refractivity (Wildman–Crippen MR) is 64.7 cm³/mol. The molecule has 0 saturated heterocycles. The standard InChI is InChI=1S/C12H11BrO4/c1-2-17-12(16)11(15)7-10(14)8-3-5-9(13)6-4-8/h3-6H,2,7H2,1H3. The van der Waals surface area contributed by atoms with E-state index in [1.165, 1.54) is 0 Å². The molecule has 0 amide bonds. The van der Waals surface area contributed by atoms with Gasteiger partial charge in [-0.25, -0.2) is 4.79 Å². The predicted octanol–water partition coefficient (Wildman–Crippen LogP) is 2.15. The highest BCUT2D eigenvalue weighted by Crippen LogP contribution is 2.12. The van der Waals surface area contributed by atoms with Crippen LogP contribution in [0.5, 0.6) is 0 Å². The first kappa shape index (κ1) is 13.6. The third-order valence-corrected chi connectivity index (χ3v) is 2.52. The van der Waals surface area contributed by atoms with E-state index in [9.17, 15) is 14.4 Å². The number of Topliss-reactive ketones (excluding diaryl/α,β-unsaturated/α-hetero) is 2. The Morgan fingerprint density at radius 1 is 1.18 bits per heavy atom. The number of carbonyl (C=O) groups is 3. The molecule has 4 nitrogen and oxygen atoms in total. The maximum absolute atomic E-state index is 11.6. The molecular weight excluding hydrogens is 288 g/mol. The lowest BCUT2D eigenvalue weighted by molar-refractivity contribution is -0.153. The highest BCUT2D eigenvalue weighted by atomic mass is 79.9. The molecule has 0 aliphatic carbocycles. The van der Waals surface area contributed by atoms with Crippen molar-refractivity contribution >= 4 is 33.5 Å². The zero-order valence-corrected chi connectivity index (χ0v) is 10.8. The summed E-state index contributed by atoms with van der Waals surface area (Å²) in [6.45, 7) is 1.72. The number of hydrogen-bond donors (Lipinski definition) is 0. The summed E-state index contributed by atoms with van der Waals surface area (Å²) in [7, 11) is 0. The summed E-state index contributed by atoms with van der Waals surface area (Å²) in [5, 5.41) is 0. The van der Waals surface area contributed by atoms with Crippen molar-refractivity contribution in [2.24, 2.45) is 0 Å². The molecule has 0 N–H and O–H groups in total. The van der Waals surface area contributed by atoms with Gasteiger partial charge in [-0.3, -0.25) is 9.59 Å². The summed E-state index contributed by atoms with van der Waals surface area (Å²) in [4.78, 5) is 33.9. The summed E-state index contributed by atoms with van der Waals surface area (Å²) in [5.74, 6) is -2.17. The average molecular weight is 299 g/mol. The second kappa shape index (κ2) is 6.30. The molecule has 0 spiro atoms. The van der Waals surface area contributed by atoms with Crippen LogP contribution in [-0.2, 0) is 14.3 Å². The van der Waals surface area contributed by atoms with Crippen LogP contribution in [0.4, 0.5) is 0 Å². The third kappa shape index (κ3) is 4.11. The molecule has 5 heteroatoms. The van der Waals surface area contributed by atoms with E-state index < -0.39 is 24.0 Å². The molecule has 1 aromatic rings. The molecule has 0 aliphatic heterocycles. The number of ketones is 2. The second-order valence-electron chi connectivity index (χ2n) is 3.25. The van der Waals surface area contributed by atoms with Gasteiger partial charge in [0.05, 0.1) is 13.0 Å². The van der Waals surface area contributed by atoms with Crippen LogP contribution in [0.25, 0.3) is 0 Å². The van der Waals surface area contributed by atoms with Gasteiger partial charge in [-0.1, -0.05) is 28.1 Å². The summed E-state index contributed by atoms with van der Waals surface area (Å²) >= 11 is 3.24. The van der Waals surface area contributed by atoms with E-state index in [1.807, 2.05) is 0 Å². The van der Waals surface area contributed by atoms with Gasteiger partial charge >= 0.3 is 5.97 Å². The molecule has 0 bridgehead atoms. The fourth-order valence-corrected chi connectivity index (χ4v) is 1.43. The monoisotopic (exact) mass is 298 g/mol. The fraction of sp³-hybridized carbons (Fsp3) is 0.250. The van der Waals surface area contributed by atoms with Gasteiger partial charge in [0.25, 0.3) is 0 Å². The van der Waals surface area contributed by atoms with Crippen molar-refractivity contribution in [1.82, 2.24) is 0 Å². The van der Waals surface area contributed by atoms with Crippen LogP contribution in [0.15, 0.2) is 28.7 Å². The SMILES string of the molecule is CCOC(=O)C(=O)CC(=O)c1ccc(Br)cc1. The number of esters is 1. The van der Waals surface area contributed by atoms with Gasteiger partial charge in [0.1, 0.15) is 0 Å². The Morgan fingerprint density at radius 3 is 2.29 bits per heavy atom. The Bertz CT molecular complexity index is 436. The quantitative estimate of drug-likeness (QED) is 0.362. The number of carbonyl (C=O) groups excluding carboxylic acids is 3. The highest BCUT2D eigenvalue weighted by Gasteiger charge is 2.19. The van der Waals surface area contributed by atoms with Crippen molar-refractivity contribution in [3.05, 3.63) is 34.3 Å². The Labute approximate surface area is 107 Å². The van der Waals surface area contributed by atoms with Crippen LogP contribution < -0.4 is 0 Å². The van der Waals surface area contributed by atoms with Gasteiger partial charge in [-0.05, 0) is 19.1 Å². The molecule has 0 aromatic heterocycles. The van der Waals surface area contributed by atoms with Crippen LogP contribution in [0.2, 0.25) is 0 Å². The molecule has 0 unspecified atom stereocenters. The van der Waals surface area contributed by atoms with Crippen LogP contribution >= 0.6 is 15.9 Å². The molecule has 90 valence electrons. The van der Waals surface area contributed by atoms with Crippen molar-refractivity contribution in [3.8, 4) is 0 Å². The van der Waals surface area contributed by atoms with E-state index in [4.69, 9.17) is 0 Å². The van der Waals surface area contributed by atoms with Gasteiger partial charge in [-0.2, -0.15) is 0 Å². The van der Waals surface area contributed by atoms with Gasteiger partial charge in [0, 0.05) is 10.0 Å². The molecule has 0 atom stereocenters. The Morgan fingerprint density at radius 2 is 1.76 bits per heavy atom. The minimum absolute atomic E-state index is 0.122. The van der Waals surface area contributed by atoms with Crippen LogP contribution in [0.1, 0.15) is 23.7 Å². The van der Waals surface area contributed by atoms with Gasteiger partial charge in [0.15, 0.2) is 5.78 Å². The second-order valence-corrected chi connectivity index (χ2v) is 4.17. The van der Waals surface area contributed by atoms with Crippen LogP contribution in [-0.4, -0.2) is 24.1 Å². The highest BCUT2D eigenvalue weighted by molar-refractivity contribution is 9.10. The van der Waals surface area contributed by atoms with E-state index >= 15 is 0 Å². The largest absolute Gasteiger partial charge is 0.460 e. The van der Waals surface area contributed by atoms with Crippen molar-refractivity contribution in [2.45, 2.75) is 13.3 Å². The molecule has 0 aliphatic rings. The molecule has 0 heterocycles. The number of rotatable bonds is 5.